The molecule has 5 nitrogen and oxygen atoms in total. The largest absolute Gasteiger partial charge is 0.439 e. The molecule has 82 valence electrons. The summed E-state index contributed by atoms with van der Waals surface area (Å²) in [4.78, 5) is 7.91. The Kier molecular flexibility index (Phi) is 3.33. The highest BCUT2D eigenvalue weighted by atomic mass is 79.9. The van der Waals surface area contributed by atoms with Crippen molar-refractivity contribution in [3.05, 3.63) is 41.0 Å². The number of nitrogens with one attached hydrogen (secondary N) is 1. The number of aromatic nitrogens is 2. The molecule has 0 amide bonds. The molecule has 1 heterocycles. The summed E-state index contributed by atoms with van der Waals surface area (Å²) < 4.78 is 6.47. The minimum atomic E-state index is 0.312. The lowest BCUT2D eigenvalue weighted by Crippen LogP contribution is -2.10. The summed E-state index contributed by atoms with van der Waals surface area (Å²) in [5.74, 6) is 6.63. The first kappa shape index (κ1) is 10.8. The molecule has 3 N–H and O–H groups in total. The van der Waals surface area contributed by atoms with Crippen molar-refractivity contribution in [1.82, 2.24) is 9.97 Å². The van der Waals surface area contributed by atoms with Gasteiger partial charge in [-0.05, 0) is 18.2 Å². The monoisotopic (exact) mass is 280 g/mol. The predicted molar refractivity (Wildman–Crippen MR) is 64.1 cm³/mol. The Bertz CT molecular complexity index is 492. The van der Waals surface area contributed by atoms with Crippen LogP contribution < -0.4 is 16.0 Å². The van der Waals surface area contributed by atoms with E-state index in [2.05, 4.69) is 31.3 Å². The Labute approximate surface area is 101 Å². The standard InChI is InChI=1S/C10H9BrN4O/c11-7-2-1-3-8(6-7)16-9-4-5-13-10(14-9)15-12/h1-6H,12H2,(H,13,14,15). The van der Waals surface area contributed by atoms with Gasteiger partial charge in [0.15, 0.2) is 0 Å². The molecule has 0 fully saturated rings. The molecule has 0 saturated carbocycles. The third-order valence-corrected chi connectivity index (χ3v) is 2.27. The highest BCUT2D eigenvalue weighted by Crippen LogP contribution is 2.22. The van der Waals surface area contributed by atoms with Gasteiger partial charge in [-0.3, -0.25) is 5.43 Å². The fourth-order valence-corrected chi connectivity index (χ4v) is 1.50. The van der Waals surface area contributed by atoms with Crippen LogP contribution in [0.5, 0.6) is 11.6 Å². The molecule has 6 heteroatoms. The number of hydrazine groups is 1. The number of anilines is 1. The molecule has 0 atom stereocenters. The quantitative estimate of drug-likeness (QED) is 0.667. The summed E-state index contributed by atoms with van der Waals surface area (Å²) in [6.07, 6.45) is 1.56. The van der Waals surface area contributed by atoms with Gasteiger partial charge < -0.3 is 4.74 Å². The van der Waals surface area contributed by atoms with E-state index in [0.717, 1.165) is 4.47 Å². The van der Waals surface area contributed by atoms with Crippen molar-refractivity contribution in [2.45, 2.75) is 0 Å². The number of ether oxygens (including phenoxy) is 1. The summed E-state index contributed by atoms with van der Waals surface area (Å²) in [5.41, 5.74) is 2.35. The number of nitrogen functional groups attached to an aromatic ring is 1. The predicted octanol–water partition coefficient (Wildman–Crippen LogP) is 2.32. The fraction of sp³-hybridized carbons (Fsp3) is 0. The van der Waals surface area contributed by atoms with Crippen molar-refractivity contribution in [2.75, 3.05) is 5.43 Å². The Balaban J connectivity index is 2.20. The van der Waals surface area contributed by atoms with Gasteiger partial charge >= 0.3 is 0 Å². The number of halogens is 1. The van der Waals surface area contributed by atoms with Crippen LogP contribution >= 0.6 is 15.9 Å². The maximum absolute atomic E-state index is 5.52. The van der Waals surface area contributed by atoms with E-state index in [1.54, 1.807) is 12.3 Å². The lowest BCUT2D eigenvalue weighted by Gasteiger charge is -2.05. The summed E-state index contributed by atoms with van der Waals surface area (Å²) in [6, 6.07) is 9.13. The molecule has 0 bridgehead atoms. The lowest BCUT2D eigenvalue weighted by molar-refractivity contribution is 0.462. The second-order valence-electron chi connectivity index (χ2n) is 2.92. The van der Waals surface area contributed by atoms with E-state index in [-0.39, 0.29) is 0 Å². The molecule has 0 aliphatic heterocycles. The van der Waals surface area contributed by atoms with Crippen LogP contribution in [-0.4, -0.2) is 9.97 Å². The first-order valence-corrected chi connectivity index (χ1v) is 5.30. The molecule has 1 aromatic heterocycles. The third-order valence-electron chi connectivity index (χ3n) is 1.78. The molecule has 2 aromatic rings. The molecule has 0 radical (unpaired) electrons. The smallest absolute Gasteiger partial charge is 0.240 e. The number of hydrogen-bond donors (Lipinski definition) is 2. The first-order chi connectivity index (χ1) is 7.78. The van der Waals surface area contributed by atoms with E-state index < -0.39 is 0 Å². The van der Waals surface area contributed by atoms with Gasteiger partial charge in [-0.25, -0.2) is 10.8 Å². The minimum absolute atomic E-state index is 0.312. The Morgan fingerprint density at radius 2 is 2.19 bits per heavy atom. The van der Waals surface area contributed by atoms with Gasteiger partial charge in [0.05, 0.1) is 0 Å². The van der Waals surface area contributed by atoms with Crippen molar-refractivity contribution < 1.29 is 4.74 Å². The Morgan fingerprint density at radius 3 is 2.94 bits per heavy atom. The maximum atomic E-state index is 5.52. The third kappa shape index (κ3) is 2.68. The van der Waals surface area contributed by atoms with Crippen molar-refractivity contribution in [2.24, 2.45) is 5.84 Å². The molecule has 2 rings (SSSR count). The van der Waals surface area contributed by atoms with Gasteiger partial charge in [0.2, 0.25) is 11.8 Å². The minimum Gasteiger partial charge on any atom is -0.439 e. The second-order valence-corrected chi connectivity index (χ2v) is 3.84. The van der Waals surface area contributed by atoms with E-state index in [1.165, 1.54) is 0 Å². The Hall–Kier alpha value is -1.66. The second kappa shape index (κ2) is 4.91. The van der Waals surface area contributed by atoms with Crippen molar-refractivity contribution in [1.29, 1.82) is 0 Å². The summed E-state index contributed by atoms with van der Waals surface area (Å²) in [7, 11) is 0. The SMILES string of the molecule is NNc1nccc(Oc2cccc(Br)c2)n1. The average molecular weight is 281 g/mol. The lowest BCUT2D eigenvalue weighted by atomic mass is 10.3. The molecular formula is C10H9BrN4O. The van der Waals surface area contributed by atoms with Crippen LogP contribution in [0.3, 0.4) is 0 Å². The van der Waals surface area contributed by atoms with Crippen molar-refractivity contribution in [3.8, 4) is 11.6 Å². The summed E-state index contributed by atoms with van der Waals surface area (Å²) >= 11 is 3.36. The highest BCUT2D eigenvalue weighted by molar-refractivity contribution is 9.10. The van der Waals surface area contributed by atoms with Crippen LogP contribution in [0.25, 0.3) is 0 Å². The van der Waals surface area contributed by atoms with E-state index in [1.807, 2.05) is 24.3 Å². The van der Waals surface area contributed by atoms with E-state index in [9.17, 15) is 0 Å². The van der Waals surface area contributed by atoms with Crippen LogP contribution in [0.4, 0.5) is 5.95 Å². The van der Waals surface area contributed by atoms with Crippen LogP contribution in [0.1, 0.15) is 0 Å². The van der Waals surface area contributed by atoms with E-state index in [4.69, 9.17) is 10.6 Å². The molecule has 0 saturated heterocycles. The van der Waals surface area contributed by atoms with Crippen molar-refractivity contribution in [3.63, 3.8) is 0 Å². The molecule has 0 aliphatic carbocycles. The molecular weight excluding hydrogens is 272 g/mol. The zero-order chi connectivity index (χ0) is 11.4. The average Bonchev–Trinajstić information content (AvgIpc) is 2.29. The zero-order valence-corrected chi connectivity index (χ0v) is 9.81. The van der Waals surface area contributed by atoms with Crippen molar-refractivity contribution >= 4 is 21.9 Å². The van der Waals surface area contributed by atoms with Gasteiger partial charge in [0.1, 0.15) is 5.75 Å². The van der Waals surface area contributed by atoms with E-state index in [0.29, 0.717) is 17.6 Å². The molecule has 0 spiro atoms. The van der Waals surface area contributed by atoms with Crippen LogP contribution in [0.15, 0.2) is 41.0 Å². The zero-order valence-electron chi connectivity index (χ0n) is 8.22. The van der Waals surface area contributed by atoms with Gasteiger partial charge in [-0.2, -0.15) is 4.98 Å². The number of nitrogens with zero attached hydrogens (tertiary/aromatic N) is 2. The number of nitrogens with two attached hydrogens (primary N) is 1. The van der Waals surface area contributed by atoms with Crippen LogP contribution in [-0.2, 0) is 0 Å². The molecule has 0 unspecified atom stereocenters. The molecule has 16 heavy (non-hydrogen) atoms. The van der Waals surface area contributed by atoms with Crippen LogP contribution in [0.2, 0.25) is 0 Å². The first-order valence-electron chi connectivity index (χ1n) is 4.51. The topological polar surface area (TPSA) is 73.1 Å². The number of benzene rings is 1. The van der Waals surface area contributed by atoms with Gasteiger partial charge in [0, 0.05) is 16.7 Å². The van der Waals surface area contributed by atoms with Gasteiger partial charge in [-0.15, -0.1) is 0 Å². The van der Waals surface area contributed by atoms with Gasteiger partial charge in [0.25, 0.3) is 0 Å². The summed E-state index contributed by atoms with van der Waals surface area (Å²) in [5, 5.41) is 0. The molecule has 1 aromatic carbocycles. The number of rotatable bonds is 3. The highest BCUT2D eigenvalue weighted by Gasteiger charge is 2.00. The summed E-state index contributed by atoms with van der Waals surface area (Å²) in [6.45, 7) is 0. The number of hydrogen-bond acceptors (Lipinski definition) is 5. The van der Waals surface area contributed by atoms with Gasteiger partial charge in [-0.1, -0.05) is 22.0 Å². The fourth-order valence-electron chi connectivity index (χ4n) is 1.12. The van der Waals surface area contributed by atoms with Crippen LogP contribution in [0, 0.1) is 0 Å². The normalized spacial score (nSPS) is 9.88. The Morgan fingerprint density at radius 1 is 1.31 bits per heavy atom. The maximum Gasteiger partial charge on any atom is 0.240 e. The van der Waals surface area contributed by atoms with E-state index >= 15 is 0 Å². The molecule has 0 aliphatic rings.